The Balaban J connectivity index is 1.53. The molecule has 3 heterocycles. The first kappa shape index (κ1) is 25.2. The van der Waals surface area contributed by atoms with E-state index < -0.39 is 23.5 Å². The fourth-order valence-corrected chi connectivity index (χ4v) is 6.24. The van der Waals surface area contributed by atoms with Crippen LogP contribution in [0.5, 0.6) is 5.75 Å². The van der Waals surface area contributed by atoms with Gasteiger partial charge in [-0.15, -0.1) is 0 Å². The van der Waals surface area contributed by atoms with E-state index >= 15 is 0 Å². The lowest BCUT2D eigenvalue weighted by atomic mass is 9.85. The van der Waals surface area contributed by atoms with Gasteiger partial charge in [-0.05, 0) is 65.4 Å². The van der Waals surface area contributed by atoms with Gasteiger partial charge in [0.05, 0.1) is 21.8 Å². The first-order valence-corrected chi connectivity index (χ1v) is 13.6. The van der Waals surface area contributed by atoms with E-state index in [1.807, 2.05) is 37.3 Å². The zero-order valence-electron chi connectivity index (χ0n) is 22.0. The van der Waals surface area contributed by atoms with E-state index in [9.17, 15) is 19.1 Å². The predicted octanol–water partition coefficient (Wildman–Crippen LogP) is 6.68. The number of amides is 1. The average molecular weight is 543 g/mol. The summed E-state index contributed by atoms with van der Waals surface area (Å²) in [6.07, 6.45) is 0.707. The molecule has 8 heteroatoms. The standard InChI is InChI=1S/C31H27FN2O4S/c1-16-13-19-14-18(7-12-23(19)38-16)27(35)25-26(17-5-8-20(9-6-17)31(2,3)4)34(29(37)28(25)36)30-33-22-11-10-21(32)15-24(22)39-30/h5-12,14-16,26,35H,13H2,1-4H3. The molecule has 198 valence electrons. The van der Waals surface area contributed by atoms with Crippen LogP contribution >= 0.6 is 11.3 Å². The average Bonchev–Trinajstić information content (AvgIpc) is 3.55. The second-order valence-electron chi connectivity index (χ2n) is 11.1. The normalized spacial score (nSPS) is 20.5. The van der Waals surface area contributed by atoms with Gasteiger partial charge < -0.3 is 9.84 Å². The molecule has 2 aliphatic rings. The molecule has 1 aromatic heterocycles. The Morgan fingerprint density at radius 2 is 1.82 bits per heavy atom. The third-order valence-electron chi connectivity index (χ3n) is 7.25. The van der Waals surface area contributed by atoms with Gasteiger partial charge in [-0.3, -0.25) is 14.5 Å². The largest absolute Gasteiger partial charge is 0.507 e. The summed E-state index contributed by atoms with van der Waals surface area (Å²) in [5.41, 5.74) is 3.53. The molecule has 6 rings (SSSR count). The lowest BCUT2D eigenvalue weighted by Gasteiger charge is -2.24. The van der Waals surface area contributed by atoms with Crippen molar-refractivity contribution < 1.29 is 23.8 Å². The Hall–Kier alpha value is -4.04. The molecule has 0 spiro atoms. The quantitative estimate of drug-likeness (QED) is 0.177. The van der Waals surface area contributed by atoms with Crippen molar-refractivity contribution in [1.82, 2.24) is 4.98 Å². The first-order chi connectivity index (χ1) is 18.5. The van der Waals surface area contributed by atoms with Crippen LogP contribution < -0.4 is 9.64 Å². The Morgan fingerprint density at radius 1 is 1.08 bits per heavy atom. The van der Waals surface area contributed by atoms with E-state index in [4.69, 9.17) is 4.74 Å². The lowest BCUT2D eigenvalue weighted by Crippen LogP contribution is -2.29. The second-order valence-corrected chi connectivity index (χ2v) is 12.1. The predicted molar refractivity (Wildman–Crippen MR) is 150 cm³/mol. The number of aliphatic hydroxyl groups is 1. The van der Waals surface area contributed by atoms with Gasteiger partial charge in [-0.2, -0.15) is 0 Å². The Bertz CT molecular complexity index is 1680. The van der Waals surface area contributed by atoms with Crippen molar-refractivity contribution in [3.05, 3.63) is 94.3 Å². The summed E-state index contributed by atoms with van der Waals surface area (Å²) in [6.45, 7) is 8.28. The van der Waals surface area contributed by atoms with Gasteiger partial charge in [0.1, 0.15) is 23.4 Å². The molecule has 0 aliphatic carbocycles. The summed E-state index contributed by atoms with van der Waals surface area (Å²) >= 11 is 1.13. The summed E-state index contributed by atoms with van der Waals surface area (Å²) < 4.78 is 20.2. The lowest BCUT2D eigenvalue weighted by molar-refractivity contribution is -0.132. The fraction of sp³-hybridized carbons (Fsp3) is 0.258. The summed E-state index contributed by atoms with van der Waals surface area (Å²) in [5.74, 6) is -1.51. The van der Waals surface area contributed by atoms with E-state index in [1.165, 1.54) is 17.0 Å². The molecule has 2 atom stereocenters. The molecule has 4 aromatic rings. The molecular formula is C31H27FN2O4S. The van der Waals surface area contributed by atoms with E-state index in [0.717, 1.165) is 28.2 Å². The van der Waals surface area contributed by atoms with Crippen LogP contribution in [0.3, 0.4) is 0 Å². The fourth-order valence-electron chi connectivity index (χ4n) is 5.22. The summed E-state index contributed by atoms with van der Waals surface area (Å²) in [5, 5.41) is 11.8. The van der Waals surface area contributed by atoms with Gasteiger partial charge in [-0.25, -0.2) is 9.37 Å². The summed E-state index contributed by atoms with van der Waals surface area (Å²) in [4.78, 5) is 33.0. The molecule has 1 amide bonds. The van der Waals surface area contributed by atoms with Gasteiger partial charge in [0.2, 0.25) is 0 Å². The van der Waals surface area contributed by atoms with Crippen LogP contribution in [0.25, 0.3) is 16.0 Å². The number of aromatic nitrogens is 1. The van der Waals surface area contributed by atoms with Crippen LogP contribution in [0, 0.1) is 5.82 Å². The maximum Gasteiger partial charge on any atom is 0.301 e. The highest BCUT2D eigenvalue weighted by Gasteiger charge is 2.48. The van der Waals surface area contributed by atoms with Gasteiger partial charge >= 0.3 is 5.91 Å². The topological polar surface area (TPSA) is 79.7 Å². The minimum Gasteiger partial charge on any atom is -0.507 e. The van der Waals surface area contributed by atoms with E-state index in [0.29, 0.717) is 27.8 Å². The van der Waals surface area contributed by atoms with Crippen LogP contribution in [0.15, 0.2) is 66.2 Å². The number of benzene rings is 3. The molecular weight excluding hydrogens is 515 g/mol. The highest BCUT2D eigenvalue weighted by Crippen LogP contribution is 2.45. The number of anilines is 1. The smallest absolute Gasteiger partial charge is 0.301 e. The number of carbonyl (C=O) groups excluding carboxylic acids is 2. The zero-order chi connectivity index (χ0) is 27.6. The number of hydrogen-bond acceptors (Lipinski definition) is 6. The number of aliphatic hydroxyl groups excluding tert-OH is 1. The Morgan fingerprint density at radius 3 is 2.54 bits per heavy atom. The molecule has 39 heavy (non-hydrogen) atoms. The van der Waals surface area contributed by atoms with Crippen molar-refractivity contribution in [3.63, 3.8) is 0 Å². The van der Waals surface area contributed by atoms with Gasteiger partial charge in [0.25, 0.3) is 5.78 Å². The number of ether oxygens (including phenoxy) is 1. The van der Waals surface area contributed by atoms with Crippen LogP contribution in [0.2, 0.25) is 0 Å². The number of halogens is 1. The summed E-state index contributed by atoms with van der Waals surface area (Å²) in [7, 11) is 0. The van der Waals surface area contributed by atoms with Crippen molar-refractivity contribution >= 4 is 44.1 Å². The van der Waals surface area contributed by atoms with Crippen LogP contribution in [0.1, 0.15) is 56.0 Å². The number of nitrogens with zero attached hydrogens (tertiary/aromatic N) is 2. The minimum absolute atomic E-state index is 0.0131. The number of Topliss-reactive ketones (excluding diaryl/α,β-unsaturated/α-hetero) is 1. The monoisotopic (exact) mass is 542 g/mol. The molecule has 0 bridgehead atoms. The van der Waals surface area contributed by atoms with E-state index in [2.05, 4.69) is 25.8 Å². The molecule has 3 aromatic carbocycles. The molecule has 0 saturated carbocycles. The van der Waals surface area contributed by atoms with Crippen LogP contribution in [0.4, 0.5) is 9.52 Å². The number of hydrogen-bond donors (Lipinski definition) is 1. The maximum absolute atomic E-state index is 13.9. The Kier molecular flexibility index (Phi) is 5.84. The van der Waals surface area contributed by atoms with Gasteiger partial charge in [-0.1, -0.05) is 56.4 Å². The van der Waals surface area contributed by atoms with E-state index in [-0.39, 0.29) is 28.0 Å². The third kappa shape index (κ3) is 4.29. The van der Waals surface area contributed by atoms with Gasteiger partial charge in [0, 0.05) is 12.0 Å². The first-order valence-electron chi connectivity index (χ1n) is 12.8. The molecule has 1 fully saturated rings. The molecule has 0 radical (unpaired) electrons. The number of carbonyl (C=O) groups is 2. The highest BCUT2D eigenvalue weighted by molar-refractivity contribution is 7.22. The number of thiazole rings is 1. The van der Waals surface area contributed by atoms with Crippen LogP contribution in [-0.2, 0) is 21.4 Å². The van der Waals surface area contributed by atoms with Crippen molar-refractivity contribution in [2.75, 3.05) is 4.90 Å². The molecule has 1 saturated heterocycles. The summed E-state index contributed by atoms with van der Waals surface area (Å²) in [6, 6.07) is 16.3. The zero-order valence-corrected chi connectivity index (χ0v) is 22.8. The maximum atomic E-state index is 13.9. The van der Waals surface area contributed by atoms with E-state index in [1.54, 1.807) is 18.2 Å². The van der Waals surface area contributed by atoms with Crippen molar-refractivity contribution in [3.8, 4) is 5.75 Å². The third-order valence-corrected chi connectivity index (χ3v) is 8.27. The molecule has 2 aliphatic heterocycles. The van der Waals surface area contributed by atoms with Crippen molar-refractivity contribution in [2.45, 2.75) is 51.7 Å². The van der Waals surface area contributed by atoms with Crippen molar-refractivity contribution in [1.29, 1.82) is 0 Å². The van der Waals surface area contributed by atoms with Crippen LogP contribution in [-0.4, -0.2) is 27.9 Å². The molecule has 6 nitrogen and oxygen atoms in total. The SMILES string of the molecule is CC1Cc2cc(C(O)=C3C(=O)C(=O)N(c4nc5ccc(F)cc5s4)C3c3ccc(C(C)(C)C)cc3)ccc2O1. The second kappa shape index (κ2) is 9.02. The Labute approximate surface area is 229 Å². The van der Waals surface area contributed by atoms with Gasteiger partial charge in [0.15, 0.2) is 5.13 Å². The number of fused-ring (bicyclic) bond motifs is 2. The molecule has 1 N–H and O–H groups in total. The number of rotatable bonds is 3. The molecule has 2 unspecified atom stereocenters. The minimum atomic E-state index is -0.909. The highest BCUT2D eigenvalue weighted by atomic mass is 32.1. The van der Waals surface area contributed by atoms with Crippen molar-refractivity contribution in [2.24, 2.45) is 0 Å². The number of ketones is 1.